The number of hydrogen-bond donors (Lipinski definition) is 0. The molecule has 5 nitrogen and oxygen atoms in total. The molecular formula is C21H29N5. The van der Waals surface area contributed by atoms with E-state index in [0.29, 0.717) is 5.41 Å². The molecule has 26 heavy (non-hydrogen) atoms. The minimum atomic E-state index is 0.338. The lowest BCUT2D eigenvalue weighted by molar-refractivity contribution is 0.283. The Hall–Kier alpha value is -2.30. The lowest BCUT2D eigenvalue weighted by Crippen LogP contribution is -2.26. The van der Waals surface area contributed by atoms with Gasteiger partial charge < -0.3 is 9.47 Å². The van der Waals surface area contributed by atoms with Gasteiger partial charge in [0.05, 0.1) is 0 Å². The Morgan fingerprint density at radius 2 is 1.88 bits per heavy atom. The van der Waals surface area contributed by atoms with Crippen LogP contribution in [0.1, 0.15) is 39.5 Å². The lowest BCUT2D eigenvalue weighted by atomic mass is 9.88. The zero-order chi connectivity index (χ0) is 18.3. The van der Waals surface area contributed by atoms with Crippen LogP contribution in [0.4, 0.5) is 5.95 Å². The van der Waals surface area contributed by atoms with E-state index in [2.05, 4.69) is 82.6 Å². The Bertz CT molecular complexity index is 914. The summed E-state index contributed by atoms with van der Waals surface area (Å²) in [4.78, 5) is 2.19. The number of aryl methyl sites for hydroxylation is 1. The second kappa shape index (κ2) is 6.45. The van der Waals surface area contributed by atoms with Crippen LogP contribution in [0.25, 0.3) is 22.3 Å². The topological polar surface area (TPSA) is 38.9 Å². The van der Waals surface area contributed by atoms with Crippen LogP contribution in [-0.4, -0.2) is 32.9 Å². The average Bonchev–Trinajstić information content (AvgIpc) is 3.33. The number of nitrogens with zero attached hydrogens (tertiary/aromatic N) is 5. The molecule has 138 valence electrons. The molecule has 4 rings (SSSR count). The molecule has 2 aromatic heterocycles. The molecule has 3 aromatic rings. The Morgan fingerprint density at radius 3 is 2.62 bits per heavy atom. The fraction of sp³-hybridized carbons (Fsp3) is 0.524. The Kier molecular flexibility index (Phi) is 4.25. The summed E-state index contributed by atoms with van der Waals surface area (Å²) in [6.45, 7) is 6.49. The fourth-order valence-electron chi connectivity index (χ4n) is 4.35. The van der Waals surface area contributed by atoms with Gasteiger partial charge in [0, 0.05) is 49.8 Å². The van der Waals surface area contributed by atoms with Crippen molar-refractivity contribution < 1.29 is 0 Å². The second-order valence-corrected chi connectivity index (χ2v) is 8.11. The van der Waals surface area contributed by atoms with E-state index in [1.165, 1.54) is 42.1 Å². The Labute approximate surface area is 155 Å². The Balaban J connectivity index is 1.86. The van der Waals surface area contributed by atoms with E-state index >= 15 is 0 Å². The van der Waals surface area contributed by atoms with Gasteiger partial charge in [-0.2, -0.15) is 0 Å². The maximum Gasteiger partial charge on any atom is 0.227 e. The molecule has 5 heteroatoms. The smallest absolute Gasteiger partial charge is 0.227 e. The molecule has 2 heterocycles. The monoisotopic (exact) mass is 351 g/mol. The van der Waals surface area contributed by atoms with Gasteiger partial charge in [0.15, 0.2) is 5.82 Å². The van der Waals surface area contributed by atoms with Crippen molar-refractivity contribution >= 4 is 16.9 Å². The predicted octanol–water partition coefficient (Wildman–Crippen LogP) is 4.47. The molecule has 0 unspecified atom stereocenters. The largest absolute Gasteiger partial charge is 0.350 e. The summed E-state index contributed by atoms with van der Waals surface area (Å²) in [5.41, 5.74) is 2.74. The molecular weight excluding hydrogens is 322 g/mol. The second-order valence-electron chi connectivity index (χ2n) is 8.11. The van der Waals surface area contributed by atoms with Gasteiger partial charge in [0.2, 0.25) is 5.95 Å². The van der Waals surface area contributed by atoms with Crippen molar-refractivity contribution in [1.29, 1.82) is 0 Å². The number of anilines is 1. The SMILES string of the molecule is CCN(C)c1nnc(-c2cn(C)c3ccccc23)n1CC1(C)CCCC1. The van der Waals surface area contributed by atoms with Crippen LogP contribution in [0.5, 0.6) is 0 Å². The van der Waals surface area contributed by atoms with Gasteiger partial charge in [0.25, 0.3) is 0 Å². The summed E-state index contributed by atoms with van der Waals surface area (Å²) >= 11 is 0. The molecule has 1 fully saturated rings. The average molecular weight is 351 g/mol. The van der Waals surface area contributed by atoms with Crippen molar-refractivity contribution in [3.63, 3.8) is 0 Å². The quantitative estimate of drug-likeness (QED) is 0.680. The molecule has 0 bridgehead atoms. The Morgan fingerprint density at radius 1 is 1.15 bits per heavy atom. The maximum absolute atomic E-state index is 4.65. The van der Waals surface area contributed by atoms with Crippen LogP contribution in [0.3, 0.4) is 0 Å². The minimum Gasteiger partial charge on any atom is -0.350 e. The van der Waals surface area contributed by atoms with Crippen molar-refractivity contribution in [2.45, 2.75) is 46.1 Å². The molecule has 0 atom stereocenters. The van der Waals surface area contributed by atoms with Gasteiger partial charge in [-0.3, -0.25) is 4.57 Å². The standard InChI is InChI=1S/C21H29N5/c1-5-24(3)20-23-22-19(26(20)15-21(2)12-8-9-13-21)17-14-25(4)18-11-7-6-10-16(17)18/h6-7,10-11,14H,5,8-9,12-13,15H2,1-4H3. The first-order chi connectivity index (χ1) is 12.5. The third-order valence-corrected chi connectivity index (χ3v) is 6.04. The van der Waals surface area contributed by atoms with Crippen LogP contribution in [0.15, 0.2) is 30.5 Å². The molecule has 1 saturated carbocycles. The zero-order valence-corrected chi connectivity index (χ0v) is 16.4. The van der Waals surface area contributed by atoms with E-state index in [9.17, 15) is 0 Å². The van der Waals surface area contributed by atoms with Gasteiger partial charge in [-0.15, -0.1) is 10.2 Å². The van der Waals surface area contributed by atoms with E-state index in [1.807, 2.05) is 0 Å². The molecule has 1 aliphatic carbocycles. The van der Waals surface area contributed by atoms with Gasteiger partial charge in [-0.1, -0.05) is 38.0 Å². The highest BCUT2D eigenvalue weighted by Gasteiger charge is 2.32. The molecule has 0 spiro atoms. The van der Waals surface area contributed by atoms with Gasteiger partial charge >= 0.3 is 0 Å². The summed E-state index contributed by atoms with van der Waals surface area (Å²) < 4.78 is 4.54. The first-order valence-corrected chi connectivity index (χ1v) is 9.71. The van der Waals surface area contributed by atoms with Crippen molar-refractivity contribution in [1.82, 2.24) is 19.3 Å². The molecule has 1 aromatic carbocycles. The first-order valence-electron chi connectivity index (χ1n) is 9.71. The number of para-hydroxylation sites is 1. The van der Waals surface area contributed by atoms with Crippen LogP contribution >= 0.6 is 0 Å². The number of fused-ring (bicyclic) bond motifs is 1. The van der Waals surface area contributed by atoms with Crippen molar-refractivity contribution in [3.8, 4) is 11.4 Å². The van der Waals surface area contributed by atoms with E-state index in [1.54, 1.807) is 0 Å². The van der Waals surface area contributed by atoms with E-state index < -0.39 is 0 Å². The van der Waals surface area contributed by atoms with E-state index in [-0.39, 0.29) is 0 Å². The maximum atomic E-state index is 4.65. The first kappa shape index (κ1) is 17.1. The van der Waals surface area contributed by atoms with Crippen molar-refractivity contribution in [2.24, 2.45) is 12.5 Å². The minimum absolute atomic E-state index is 0.338. The summed E-state index contributed by atoms with van der Waals surface area (Å²) in [6.07, 6.45) is 7.44. The number of aromatic nitrogens is 4. The highest BCUT2D eigenvalue weighted by Crippen LogP contribution is 2.41. The van der Waals surface area contributed by atoms with Crippen LogP contribution in [0, 0.1) is 5.41 Å². The van der Waals surface area contributed by atoms with Gasteiger partial charge in [-0.05, 0) is 31.2 Å². The highest BCUT2D eigenvalue weighted by atomic mass is 15.4. The summed E-state index contributed by atoms with van der Waals surface area (Å²) in [7, 11) is 4.20. The van der Waals surface area contributed by atoms with Crippen molar-refractivity contribution in [3.05, 3.63) is 30.5 Å². The molecule has 0 aliphatic heterocycles. The highest BCUT2D eigenvalue weighted by molar-refractivity contribution is 5.94. The number of hydrogen-bond acceptors (Lipinski definition) is 3. The summed E-state index contributed by atoms with van der Waals surface area (Å²) in [6, 6.07) is 8.54. The van der Waals surface area contributed by atoms with Gasteiger partial charge in [0.1, 0.15) is 0 Å². The van der Waals surface area contributed by atoms with E-state index in [0.717, 1.165) is 24.9 Å². The summed E-state index contributed by atoms with van der Waals surface area (Å²) in [5.74, 6) is 1.97. The molecule has 0 amide bonds. The molecule has 0 radical (unpaired) electrons. The van der Waals surface area contributed by atoms with Crippen LogP contribution in [0.2, 0.25) is 0 Å². The molecule has 1 aliphatic rings. The van der Waals surface area contributed by atoms with Gasteiger partial charge in [-0.25, -0.2) is 0 Å². The van der Waals surface area contributed by atoms with Crippen molar-refractivity contribution in [2.75, 3.05) is 18.5 Å². The fourth-order valence-corrected chi connectivity index (χ4v) is 4.35. The lowest BCUT2D eigenvalue weighted by Gasteiger charge is -2.27. The summed E-state index contributed by atoms with van der Waals surface area (Å²) in [5, 5.41) is 10.5. The normalized spacial score (nSPS) is 16.5. The zero-order valence-electron chi connectivity index (χ0n) is 16.4. The van der Waals surface area contributed by atoms with Crippen LogP contribution < -0.4 is 4.90 Å². The third kappa shape index (κ3) is 2.79. The molecule has 0 saturated heterocycles. The molecule has 0 N–H and O–H groups in total. The van der Waals surface area contributed by atoms with E-state index in [4.69, 9.17) is 0 Å². The predicted molar refractivity (Wildman–Crippen MR) is 107 cm³/mol. The van der Waals surface area contributed by atoms with Crippen LogP contribution in [-0.2, 0) is 13.6 Å². The number of benzene rings is 1. The number of rotatable bonds is 5. The third-order valence-electron chi connectivity index (χ3n) is 6.04.